The lowest BCUT2D eigenvalue weighted by Gasteiger charge is -2.28. The smallest absolute Gasteiger partial charge is 0.251 e. The third-order valence-electron chi connectivity index (χ3n) is 9.91. The highest BCUT2D eigenvalue weighted by Gasteiger charge is 2.40. The maximum atomic E-state index is 13.8. The molecule has 8 nitrogen and oxygen atoms in total. The highest BCUT2D eigenvalue weighted by Crippen LogP contribution is 2.44. The Morgan fingerprint density at radius 3 is 2.56 bits per heavy atom. The summed E-state index contributed by atoms with van der Waals surface area (Å²) in [5.41, 5.74) is 2.03. The lowest BCUT2D eigenvalue weighted by Crippen LogP contribution is -2.47. The van der Waals surface area contributed by atoms with Gasteiger partial charge in [-0.15, -0.1) is 0 Å². The second-order valence-electron chi connectivity index (χ2n) is 13.4. The standard InChI is InChI=1S/C35H45N3O5/c1-22(34(41)36-30-17-25-11-12-26(30)15-25)14-32(39)31(16-23-6-3-2-4-7-23)37-35(42)27-18-28(38-13-5-8-33(38)40)20-29(19-27)43-21-24-9-10-24/h2-4,6-7,18-20,22,24-26,30-32,39H,5,8-17,21H2,1H3,(H,36,41)(H,37,42)/t22?,25?,26?,30?,31-,32?/m0/s1. The first-order valence-electron chi connectivity index (χ1n) is 16.2. The monoisotopic (exact) mass is 587 g/mol. The van der Waals surface area contributed by atoms with E-state index in [1.807, 2.05) is 43.3 Å². The fourth-order valence-electron chi connectivity index (χ4n) is 7.16. The predicted molar refractivity (Wildman–Crippen MR) is 165 cm³/mol. The van der Waals surface area contributed by atoms with Crippen LogP contribution < -0.4 is 20.3 Å². The van der Waals surface area contributed by atoms with Crippen molar-refractivity contribution in [3.8, 4) is 5.75 Å². The van der Waals surface area contributed by atoms with E-state index in [0.717, 1.165) is 37.2 Å². The lowest BCUT2D eigenvalue weighted by molar-refractivity contribution is -0.126. The molecule has 3 N–H and O–H groups in total. The molecule has 2 bridgehead atoms. The van der Waals surface area contributed by atoms with Crippen LogP contribution >= 0.6 is 0 Å². The number of nitrogens with zero attached hydrogens (tertiary/aromatic N) is 1. The van der Waals surface area contributed by atoms with Crippen molar-refractivity contribution in [3.63, 3.8) is 0 Å². The molecule has 0 radical (unpaired) electrons. The molecule has 0 aromatic heterocycles. The van der Waals surface area contributed by atoms with Gasteiger partial charge >= 0.3 is 0 Å². The molecule has 1 aliphatic heterocycles. The summed E-state index contributed by atoms with van der Waals surface area (Å²) >= 11 is 0. The first kappa shape index (κ1) is 29.7. The number of hydrogen-bond donors (Lipinski definition) is 3. The van der Waals surface area contributed by atoms with E-state index in [9.17, 15) is 19.5 Å². The molecule has 5 unspecified atom stereocenters. The number of hydrogen-bond acceptors (Lipinski definition) is 5. The molecule has 6 rings (SSSR count). The average molecular weight is 588 g/mol. The number of nitrogens with one attached hydrogen (secondary N) is 2. The van der Waals surface area contributed by atoms with Gasteiger partial charge in [0.05, 0.1) is 18.8 Å². The number of anilines is 1. The Kier molecular flexibility index (Phi) is 9.03. The van der Waals surface area contributed by atoms with Crippen LogP contribution in [0.1, 0.15) is 80.6 Å². The van der Waals surface area contributed by atoms with Crippen LogP contribution in [-0.2, 0) is 16.0 Å². The minimum atomic E-state index is -0.932. The van der Waals surface area contributed by atoms with Gasteiger partial charge in [0.25, 0.3) is 5.91 Å². The molecule has 1 heterocycles. The first-order chi connectivity index (χ1) is 20.8. The Morgan fingerprint density at radius 2 is 1.88 bits per heavy atom. The summed E-state index contributed by atoms with van der Waals surface area (Å²) in [6.45, 7) is 3.06. The molecule has 2 aromatic carbocycles. The molecular weight excluding hydrogens is 542 g/mol. The summed E-state index contributed by atoms with van der Waals surface area (Å²) in [5, 5.41) is 17.8. The van der Waals surface area contributed by atoms with Crippen LogP contribution in [0.5, 0.6) is 5.75 Å². The van der Waals surface area contributed by atoms with E-state index in [4.69, 9.17) is 4.74 Å². The Labute approximate surface area is 254 Å². The lowest BCUT2D eigenvalue weighted by atomic mass is 9.91. The molecule has 3 saturated carbocycles. The van der Waals surface area contributed by atoms with Gasteiger partial charge in [-0.2, -0.15) is 0 Å². The minimum Gasteiger partial charge on any atom is -0.493 e. The third kappa shape index (κ3) is 7.40. The predicted octanol–water partition coefficient (Wildman–Crippen LogP) is 4.64. The molecule has 4 fully saturated rings. The topological polar surface area (TPSA) is 108 Å². The number of rotatable bonds is 13. The Morgan fingerprint density at radius 1 is 1.07 bits per heavy atom. The largest absolute Gasteiger partial charge is 0.493 e. The van der Waals surface area contributed by atoms with Gasteiger partial charge in [0, 0.05) is 42.2 Å². The van der Waals surface area contributed by atoms with E-state index < -0.39 is 18.1 Å². The third-order valence-corrected chi connectivity index (χ3v) is 9.91. The first-order valence-corrected chi connectivity index (χ1v) is 16.2. The molecule has 1 saturated heterocycles. The van der Waals surface area contributed by atoms with Crippen LogP contribution in [0.3, 0.4) is 0 Å². The van der Waals surface area contributed by atoms with Gasteiger partial charge in [0.2, 0.25) is 11.8 Å². The van der Waals surface area contributed by atoms with E-state index in [1.165, 1.54) is 19.3 Å². The Hall–Kier alpha value is -3.39. The fraction of sp³-hybridized carbons (Fsp3) is 0.571. The second-order valence-corrected chi connectivity index (χ2v) is 13.4. The van der Waals surface area contributed by atoms with E-state index >= 15 is 0 Å². The average Bonchev–Trinajstić information content (AvgIpc) is 3.35. The Balaban J connectivity index is 1.16. The summed E-state index contributed by atoms with van der Waals surface area (Å²) in [4.78, 5) is 41.1. The van der Waals surface area contributed by atoms with Crippen LogP contribution in [0.2, 0.25) is 0 Å². The van der Waals surface area contributed by atoms with Crippen LogP contribution in [0, 0.1) is 23.7 Å². The molecular formula is C35H45N3O5. The SMILES string of the molecule is CC(CC(O)[C@H](Cc1ccccc1)NC(=O)c1cc(OCC2CC2)cc(N2CCCC2=O)c1)C(=O)NC1CC2CCC1C2. The van der Waals surface area contributed by atoms with Gasteiger partial charge in [-0.1, -0.05) is 43.7 Å². The molecule has 3 aliphatic carbocycles. The quantitative estimate of drug-likeness (QED) is 0.317. The van der Waals surface area contributed by atoms with Crippen molar-refractivity contribution in [1.29, 1.82) is 0 Å². The number of carbonyl (C=O) groups is 3. The van der Waals surface area contributed by atoms with E-state index in [2.05, 4.69) is 10.6 Å². The zero-order valence-electron chi connectivity index (χ0n) is 25.2. The normalized spacial score (nSPS) is 24.9. The van der Waals surface area contributed by atoms with Crippen molar-refractivity contribution in [2.24, 2.45) is 23.7 Å². The van der Waals surface area contributed by atoms with Gasteiger partial charge < -0.3 is 25.4 Å². The number of aliphatic hydroxyl groups excluding tert-OH is 1. The second kappa shape index (κ2) is 13.1. The van der Waals surface area contributed by atoms with Crippen LogP contribution in [0.4, 0.5) is 5.69 Å². The van der Waals surface area contributed by atoms with Crippen LogP contribution in [0.25, 0.3) is 0 Å². The van der Waals surface area contributed by atoms with Crippen molar-refractivity contribution in [1.82, 2.24) is 10.6 Å². The fourth-order valence-corrected chi connectivity index (χ4v) is 7.16. The number of carbonyl (C=O) groups excluding carboxylic acids is 3. The van der Waals surface area contributed by atoms with Crippen LogP contribution in [0.15, 0.2) is 48.5 Å². The molecule has 8 heteroatoms. The van der Waals surface area contributed by atoms with E-state index in [0.29, 0.717) is 54.8 Å². The summed E-state index contributed by atoms with van der Waals surface area (Å²) in [7, 11) is 0. The van der Waals surface area contributed by atoms with Gasteiger partial charge in [-0.3, -0.25) is 14.4 Å². The number of aliphatic hydroxyl groups is 1. The van der Waals surface area contributed by atoms with Gasteiger partial charge in [0.1, 0.15) is 5.75 Å². The Bertz CT molecular complexity index is 1310. The minimum absolute atomic E-state index is 0.0261. The van der Waals surface area contributed by atoms with Crippen molar-refractivity contribution < 1.29 is 24.2 Å². The highest BCUT2D eigenvalue weighted by atomic mass is 16.5. The van der Waals surface area contributed by atoms with Gasteiger partial charge in [0.15, 0.2) is 0 Å². The summed E-state index contributed by atoms with van der Waals surface area (Å²) in [5.74, 6) is 1.72. The van der Waals surface area contributed by atoms with Crippen LogP contribution in [-0.4, -0.2) is 54.2 Å². The zero-order chi connectivity index (χ0) is 29.9. The molecule has 3 amide bonds. The molecule has 43 heavy (non-hydrogen) atoms. The van der Waals surface area contributed by atoms with Crippen molar-refractivity contribution >= 4 is 23.4 Å². The van der Waals surface area contributed by atoms with E-state index in [1.54, 1.807) is 17.0 Å². The molecule has 0 spiro atoms. The van der Waals surface area contributed by atoms with Crippen molar-refractivity contribution in [2.75, 3.05) is 18.1 Å². The number of amides is 3. The van der Waals surface area contributed by atoms with E-state index in [-0.39, 0.29) is 30.2 Å². The molecule has 6 atom stereocenters. The summed E-state index contributed by atoms with van der Waals surface area (Å²) in [6, 6.07) is 14.7. The number of ether oxygens (including phenoxy) is 1. The number of benzene rings is 2. The van der Waals surface area contributed by atoms with Gasteiger partial charge in [-0.25, -0.2) is 0 Å². The van der Waals surface area contributed by atoms with Crippen molar-refractivity contribution in [2.45, 2.75) is 89.3 Å². The zero-order valence-corrected chi connectivity index (χ0v) is 25.2. The van der Waals surface area contributed by atoms with Crippen molar-refractivity contribution in [3.05, 3.63) is 59.7 Å². The summed E-state index contributed by atoms with van der Waals surface area (Å²) < 4.78 is 6.04. The van der Waals surface area contributed by atoms with Gasteiger partial charge in [-0.05, 0) is 86.8 Å². The maximum absolute atomic E-state index is 13.8. The molecule has 4 aliphatic rings. The molecule has 2 aromatic rings. The summed E-state index contributed by atoms with van der Waals surface area (Å²) in [6.07, 6.45) is 8.05. The highest BCUT2D eigenvalue weighted by molar-refractivity contribution is 5.99. The molecule has 230 valence electrons. The maximum Gasteiger partial charge on any atom is 0.251 e. The number of fused-ring (bicyclic) bond motifs is 2.